The van der Waals surface area contributed by atoms with Crippen LogP contribution < -0.4 is 0 Å². The summed E-state index contributed by atoms with van der Waals surface area (Å²) >= 11 is 0. The van der Waals surface area contributed by atoms with Gasteiger partial charge in [0.1, 0.15) is 0 Å². The highest BCUT2D eigenvalue weighted by atomic mass is 16.3. The van der Waals surface area contributed by atoms with Gasteiger partial charge in [-0.15, -0.1) is 0 Å². The molecule has 0 bridgehead atoms. The van der Waals surface area contributed by atoms with Crippen LogP contribution in [0.2, 0.25) is 0 Å². The molecule has 1 saturated heterocycles. The molecule has 2 aliphatic rings. The molecule has 0 aromatic rings. The number of nitrogens with zero attached hydrogens (tertiary/aromatic N) is 2. The van der Waals surface area contributed by atoms with Crippen molar-refractivity contribution in [2.24, 2.45) is 0 Å². The Balaban J connectivity index is 1.83. The van der Waals surface area contributed by atoms with Crippen molar-refractivity contribution in [3.63, 3.8) is 0 Å². The van der Waals surface area contributed by atoms with Crippen molar-refractivity contribution >= 4 is 5.91 Å². The summed E-state index contributed by atoms with van der Waals surface area (Å²) < 4.78 is 0. The van der Waals surface area contributed by atoms with Crippen LogP contribution in [0.15, 0.2) is 0 Å². The first-order valence-electron chi connectivity index (χ1n) is 7.85. The fourth-order valence-corrected chi connectivity index (χ4v) is 3.39. The monoisotopic (exact) mass is 268 g/mol. The lowest BCUT2D eigenvalue weighted by Gasteiger charge is -2.36. The first-order chi connectivity index (χ1) is 9.13. The zero-order valence-corrected chi connectivity index (χ0v) is 12.2. The number of carbonyl (C=O) groups is 1. The topological polar surface area (TPSA) is 43.8 Å². The van der Waals surface area contributed by atoms with Crippen molar-refractivity contribution in [3.8, 4) is 0 Å². The van der Waals surface area contributed by atoms with Gasteiger partial charge >= 0.3 is 0 Å². The van der Waals surface area contributed by atoms with Crippen LogP contribution in [0, 0.1) is 0 Å². The number of hydrogen-bond acceptors (Lipinski definition) is 3. The number of hydrogen-bond donors (Lipinski definition) is 1. The molecule has 0 unspecified atom stereocenters. The molecule has 1 aliphatic heterocycles. The van der Waals surface area contributed by atoms with E-state index in [1.807, 2.05) is 11.8 Å². The lowest BCUT2D eigenvalue weighted by Crippen LogP contribution is -2.45. The van der Waals surface area contributed by atoms with Gasteiger partial charge in [-0.2, -0.15) is 0 Å². The SMILES string of the molecule is CCC(=O)N1CCCN(CC2(O)CCCCC2)CC1. The summed E-state index contributed by atoms with van der Waals surface area (Å²) in [5, 5.41) is 10.6. The number of β-amino-alcohol motifs (C(OH)–C–C–N with tert-alkyl or cyclic N) is 1. The van der Waals surface area contributed by atoms with Crippen molar-refractivity contribution in [2.75, 3.05) is 32.7 Å². The summed E-state index contributed by atoms with van der Waals surface area (Å²) in [5.41, 5.74) is -0.470. The summed E-state index contributed by atoms with van der Waals surface area (Å²) in [7, 11) is 0. The van der Waals surface area contributed by atoms with Gasteiger partial charge in [0.15, 0.2) is 0 Å². The molecule has 1 amide bonds. The summed E-state index contributed by atoms with van der Waals surface area (Å²) in [5.74, 6) is 0.262. The van der Waals surface area contributed by atoms with Gasteiger partial charge in [0.2, 0.25) is 5.91 Å². The van der Waals surface area contributed by atoms with Crippen molar-refractivity contribution in [1.29, 1.82) is 0 Å². The Kier molecular flexibility index (Phi) is 5.22. The maximum atomic E-state index is 11.7. The molecular weight excluding hydrogens is 240 g/mol. The average Bonchev–Trinajstić information content (AvgIpc) is 2.64. The van der Waals surface area contributed by atoms with E-state index in [0.29, 0.717) is 6.42 Å². The molecule has 0 radical (unpaired) electrons. The van der Waals surface area contributed by atoms with Crippen LogP contribution in [-0.2, 0) is 4.79 Å². The third kappa shape index (κ3) is 4.18. The molecule has 2 rings (SSSR count). The molecule has 1 aliphatic carbocycles. The van der Waals surface area contributed by atoms with Crippen molar-refractivity contribution in [1.82, 2.24) is 9.80 Å². The second-order valence-electron chi connectivity index (χ2n) is 6.15. The standard InChI is InChI=1S/C15H28N2O2/c1-2-14(18)17-10-6-9-16(11-12-17)13-15(19)7-4-3-5-8-15/h19H,2-13H2,1H3. The predicted octanol–water partition coefficient (Wildman–Crippen LogP) is 1.63. The fourth-order valence-electron chi connectivity index (χ4n) is 3.39. The molecule has 0 aromatic carbocycles. The zero-order valence-electron chi connectivity index (χ0n) is 12.2. The lowest BCUT2D eigenvalue weighted by atomic mass is 9.84. The Bertz CT molecular complexity index is 301. The van der Waals surface area contributed by atoms with E-state index >= 15 is 0 Å². The number of carbonyl (C=O) groups excluding carboxylic acids is 1. The van der Waals surface area contributed by atoms with Crippen LogP contribution in [0.1, 0.15) is 51.9 Å². The first-order valence-corrected chi connectivity index (χ1v) is 7.85. The van der Waals surface area contributed by atoms with Crippen LogP contribution in [0.25, 0.3) is 0 Å². The third-order valence-electron chi connectivity index (χ3n) is 4.55. The van der Waals surface area contributed by atoms with Crippen LogP contribution >= 0.6 is 0 Å². The van der Waals surface area contributed by atoms with Gasteiger partial charge in [0, 0.05) is 39.1 Å². The molecular formula is C15H28N2O2. The first kappa shape index (κ1) is 14.8. The summed E-state index contributed by atoms with van der Waals surface area (Å²) in [6, 6.07) is 0. The third-order valence-corrected chi connectivity index (χ3v) is 4.55. The minimum atomic E-state index is -0.470. The van der Waals surface area contributed by atoms with E-state index in [-0.39, 0.29) is 5.91 Å². The van der Waals surface area contributed by atoms with E-state index in [1.165, 1.54) is 6.42 Å². The molecule has 1 N–H and O–H groups in total. The Morgan fingerprint density at radius 1 is 1.05 bits per heavy atom. The summed E-state index contributed by atoms with van der Waals surface area (Å²) in [6.07, 6.45) is 7.10. The van der Waals surface area contributed by atoms with Gasteiger partial charge in [-0.25, -0.2) is 0 Å². The van der Waals surface area contributed by atoms with E-state index in [2.05, 4.69) is 4.90 Å². The number of amides is 1. The van der Waals surface area contributed by atoms with Gasteiger partial charge < -0.3 is 10.0 Å². The summed E-state index contributed by atoms with van der Waals surface area (Å²) in [6.45, 7) is 6.34. The van der Waals surface area contributed by atoms with Gasteiger partial charge in [0.25, 0.3) is 0 Å². The van der Waals surface area contributed by atoms with Crippen molar-refractivity contribution < 1.29 is 9.90 Å². The van der Waals surface area contributed by atoms with Crippen LogP contribution in [-0.4, -0.2) is 59.1 Å². The number of aliphatic hydroxyl groups is 1. The molecule has 4 heteroatoms. The minimum absolute atomic E-state index is 0.262. The Morgan fingerprint density at radius 3 is 2.47 bits per heavy atom. The van der Waals surface area contributed by atoms with Crippen molar-refractivity contribution in [2.45, 2.75) is 57.5 Å². The maximum Gasteiger partial charge on any atom is 0.222 e. The second kappa shape index (κ2) is 6.71. The van der Waals surface area contributed by atoms with E-state index in [9.17, 15) is 9.90 Å². The van der Waals surface area contributed by atoms with E-state index in [1.54, 1.807) is 0 Å². The largest absolute Gasteiger partial charge is 0.389 e. The second-order valence-corrected chi connectivity index (χ2v) is 6.15. The molecule has 0 aromatic heterocycles. The molecule has 1 saturated carbocycles. The van der Waals surface area contributed by atoms with E-state index in [0.717, 1.165) is 64.8 Å². The Hall–Kier alpha value is -0.610. The predicted molar refractivity (Wildman–Crippen MR) is 76.0 cm³/mol. The lowest BCUT2D eigenvalue weighted by molar-refractivity contribution is -0.130. The normalized spacial score (nSPS) is 25.1. The van der Waals surface area contributed by atoms with Gasteiger partial charge in [0.05, 0.1) is 5.60 Å². The highest BCUT2D eigenvalue weighted by Gasteiger charge is 2.32. The van der Waals surface area contributed by atoms with Gasteiger partial charge in [-0.05, 0) is 19.3 Å². The quantitative estimate of drug-likeness (QED) is 0.846. The van der Waals surface area contributed by atoms with Crippen LogP contribution in [0.5, 0.6) is 0 Å². The van der Waals surface area contributed by atoms with E-state index in [4.69, 9.17) is 0 Å². The molecule has 4 nitrogen and oxygen atoms in total. The van der Waals surface area contributed by atoms with Crippen LogP contribution in [0.4, 0.5) is 0 Å². The molecule has 2 fully saturated rings. The maximum absolute atomic E-state index is 11.7. The van der Waals surface area contributed by atoms with Gasteiger partial charge in [-0.3, -0.25) is 9.69 Å². The zero-order chi connectivity index (χ0) is 13.7. The molecule has 1 heterocycles. The smallest absolute Gasteiger partial charge is 0.222 e. The fraction of sp³-hybridized carbons (Fsp3) is 0.933. The van der Waals surface area contributed by atoms with E-state index < -0.39 is 5.60 Å². The molecule has 0 spiro atoms. The van der Waals surface area contributed by atoms with Gasteiger partial charge in [-0.1, -0.05) is 26.2 Å². The molecule has 19 heavy (non-hydrogen) atoms. The van der Waals surface area contributed by atoms with Crippen LogP contribution in [0.3, 0.4) is 0 Å². The average molecular weight is 268 g/mol. The highest BCUT2D eigenvalue weighted by Crippen LogP contribution is 2.29. The van der Waals surface area contributed by atoms with Crippen molar-refractivity contribution in [3.05, 3.63) is 0 Å². The minimum Gasteiger partial charge on any atom is -0.389 e. The molecule has 0 atom stereocenters. The number of rotatable bonds is 3. The highest BCUT2D eigenvalue weighted by molar-refractivity contribution is 5.75. The Labute approximate surface area is 116 Å². The Morgan fingerprint density at radius 2 is 1.79 bits per heavy atom. The molecule has 110 valence electrons. The summed E-state index contributed by atoms with van der Waals surface area (Å²) in [4.78, 5) is 16.1.